The van der Waals surface area contributed by atoms with Gasteiger partial charge in [0.15, 0.2) is 0 Å². The fraction of sp³-hybridized carbons (Fsp3) is 0.444. The van der Waals surface area contributed by atoms with Gasteiger partial charge < -0.3 is 20.4 Å². The van der Waals surface area contributed by atoms with E-state index >= 15 is 8.78 Å². The van der Waals surface area contributed by atoms with Crippen molar-refractivity contribution in [1.29, 1.82) is 0 Å². The molecule has 5 nitrogen and oxygen atoms in total. The summed E-state index contributed by atoms with van der Waals surface area (Å²) in [4.78, 5) is 15.8. The molecule has 1 aliphatic heterocycles. The third kappa shape index (κ3) is 3.71. The second-order valence-corrected chi connectivity index (χ2v) is 10.3. The molecule has 7 heteroatoms. The zero-order chi connectivity index (χ0) is 24.2. The molecule has 1 amide bonds. The van der Waals surface area contributed by atoms with E-state index in [0.29, 0.717) is 22.3 Å². The minimum atomic E-state index is -0.712. The molecule has 0 saturated heterocycles. The van der Waals surface area contributed by atoms with Crippen molar-refractivity contribution in [2.45, 2.75) is 77.0 Å². The molecule has 0 bridgehead atoms. The number of amides is 1. The summed E-state index contributed by atoms with van der Waals surface area (Å²) >= 11 is 0. The number of benzene rings is 2. The van der Waals surface area contributed by atoms with Crippen molar-refractivity contribution in [1.82, 2.24) is 10.3 Å². The predicted molar refractivity (Wildman–Crippen MR) is 130 cm³/mol. The van der Waals surface area contributed by atoms with Crippen LogP contribution >= 0.6 is 0 Å². The third-order valence-corrected chi connectivity index (χ3v) is 7.44. The standard InChI is InChI=1S/C27H31F2N3O2/c1-14-13-30-24-17(14)10-7-11-18(24)22-19(28)12-20-21(23(22)29)15(2)25(27(3,4)32-20)34-26(33)31-16-8-5-6-9-16/h7,10-13,15-16,25,30,32H,5-6,8-9H2,1-4H3,(H,31,33)/t15-,25+/m0/s1. The largest absolute Gasteiger partial charge is 0.443 e. The highest BCUT2D eigenvalue weighted by Gasteiger charge is 2.45. The molecular formula is C27H31F2N3O2. The van der Waals surface area contributed by atoms with Gasteiger partial charge in [-0.15, -0.1) is 0 Å². The molecule has 3 aromatic rings. The van der Waals surface area contributed by atoms with Crippen LogP contribution in [0.2, 0.25) is 0 Å². The molecule has 1 aromatic heterocycles. The molecule has 3 N–H and O–H groups in total. The smallest absolute Gasteiger partial charge is 0.407 e. The van der Waals surface area contributed by atoms with Gasteiger partial charge in [-0.1, -0.05) is 38.0 Å². The second kappa shape index (κ2) is 8.29. The number of alkyl carbamates (subject to hydrolysis) is 1. The van der Waals surface area contributed by atoms with Crippen molar-refractivity contribution < 1.29 is 18.3 Å². The summed E-state index contributed by atoms with van der Waals surface area (Å²) in [6, 6.07) is 6.94. The minimum Gasteiger partial charge on any atom is -0.443 e. The maximum atomic E-state index is 16.1. The number of hydrogen-bond acceptors (Lipinski definition) is 3. The van der Waals surface area contributed by atoms with Gasteiger partial charge in [-0.25, -0.2) is 13.6 Å². The normalized spacial score (nSPS) is 21.8. The first-order valence-electron chi connectivity index (χ1n) is 12.0. The third-order valence-electron chi connectivity index (χ3n) is 7.44. The number of carbonyl (C=O) groups excluding carboxylic acids is 1. The number of fused-ring (bicyclic) bond motifs is 2. The monoisotopic (exact) mass is 467 g/mol. The van der Waals surface area contributed by atoms with Gasteiger partial charge >= 0.3 is 6.09 Å². The average molecular weight is 468 g/mol. The summed E-state index contributed by atoms with van der Waals surface area (Å²) in [5.74, 6) is -1.75. The van der Waals surface area contributed by atoms with E-state index in [9.17, 15) is 4.79 Å². The lowest BCUT2D eigenvalue weighted by atomic mass is 9.77. The molecule has 2 heterocycles. The van der Waals surface area contributed by atoms with Gasteiger partial charge in [0.1, 0.15) is 17.7 Å². The molecule has 0 unspecified atom stereocenters. The summed E-state index contributed by atoms with van der Waals surface area (Å²) in [7, 11) is 0. The summed E-state index contributed by atoms with van der Waals surface area (Å²) in [6.45, 7) is 7.55. The molecule has 2 aliphatic rings. The van der Waals surface area contributed by atoms with Gasteiger partial charge in [-0.2, -0.15) is 0 Å². The van der Waals surface area contributed by atoms with E-state index in [0.717, 1.165) is 36.6 Å². The predicted octanol–water partition coefficient (Wildman–Crippen LogP) is 6.77. The van der Waals surface area contributed by atoms with Gasteiger partial charge in [-0.05, 0) is 45.2 Å². The Bertz CT molecular complexity index is 1260. The van der Waals surface area contributed by atoms with E-state index < -0.39 is 35.3 Å². The Labute approximate surface area is 198 Å². The van der Waals surface area contributed by atoms with Crippen molar-refractivity contribution >= 4 is 22.7 Å². The average Bonchev–Trinajstić information content (AvgIpc) is 3.41. The fourth-order valence-corrected chi connectivity index (χ4v) is 5.76. The Kier molecular flexibility index (Phi) is 5.53. The van der Waals surface area contributed by atoms with Gasteiger partial charge in [0.25, 0.3) is 0 Å². The molecule has 5 rings (SSSR count). The molecule has 1 aliphatic carbocycles. The lowest BCUT2D eigenvalue weighted by Gasteiger charge is -2.44. The van der Waals surface area contributed by atoms with Crippen LogP contribution in [0.25, 0.3) is 22.0 Å². The number of rotatable bonds is 3. The van der Waals surface area contributed by atoms with Crippen molar-refractivity contribution in [2.24, 2.45) is 0 Å². The van der Waals surface area contributed by atoms with E-state index in [4.69, 9.17) is 4.74 Å². The van der Waals surface area contributed by atoms with E-state index in [-0.39, 0.29) is 11.6 Å². The van der Waals surface area contributed by atoms with Gasteiger partial charge in [-0.3, -0.25) is 0 Å². The Morgan fingerprint density at radius 2 is 1.94 bits per heavy atom. The first kappa shape index (κ1) is 22.7. The van der Waals surface area contributed by atoms with E-state index in [1.165, 1.54) is 6.07 Å². The lowest BCUT2D eigenvalue weighted by molar-refractivity contribution is 0.0448. The molecule has 0 spiro atoms. The van der Waals surface area contributed by atoms with E-state index in [1.54, 1.807) is 12.1 Å². The number of anilines is 1. The number of H-pyrrole nitrogens is 1. The Balaban J connectivity index is 1.54. The molecule has 180 valence electrons. The maximum Gasteiger partial charge on any atom is 0.407 e. The Morgan fingerprint density at radius 1 is 1.21 bits per heavy atom. The highest BCUT2D eigenvalue weighted by molar-refractivity contribution is 5.96. The van der Waals surface area contributed by atoms with Gasteiger partial charge in [0.05, 0.1) is 16.6 Å². The number of ether oxygens (including phenoxy) is 1. The van der Waals surface area contributed by atoms with Crippen LogP contribution in [0.3, 0.4) is 0 Å². The molecule has 1 saturated carbocycles. The number of aryl methyl sites for hydroxylation is 1. The molecule has 2 aromatic carbocycles. The van der Waals surface area contributed by atoms with Crippen LogP contribution in [0.4, 0.5) is 19.3 Å². The number of hydrogen-bond donors (Lipinski definition) is 3. The second-order valence-electron chi connectivity index (χ2n) is 10.3. The first-order chi connectivity index (χ1) is 16.2. The van der Waals surface area contributed by atoms with Crippen molar-refractivity contribution in [3.05, 3.63) is 53.2 Å². The SMILES string of the molecule is Cc1c[nH]c2c(-c3c(F)cc4c(c3F)[C@H](C)[C@@H](OC(=O)NC3CCCC3)C(C)(C)N4)cccc12. The molecule has 34 heavy (non-hydrogen) atoms. The first-order valence-corrected chi connectivity index (χ1v) is 12.0. The number of carbonyl (C=O) groups is 1. The van der Waals surface area contributed by atoms with Crippen molar-refractivity contribution in [2.75, 3.05) is 5.32 Å². The lowest BCUT2D eigenvalue weighted by Crippen LogP contribution is -2.53. The number of aromatic nitrogens is 1. The van der Waals surface area contributed by atoms with Crippen LogP contribution in [0, 0.1) is 18.6 Å². The topological polar surface area (TPSA) is 66.2 Å². The number of para-hydroxylation sites is 1. The Hall–Kier alpha value is -3.09. The summed E-state index contributed by atoms with van der Waals surface area (Å²) in [5.41, 5.74) is 2.10. The number of nitrogens with one attached hydrogen (secondary N) is 3. The zero-order valence-corrected chi connectivity index (χ0v) is 20.0. The maximum absolute atomic E-state index is 16.1. The summed E-state index contributed by atoms with van der Waals surface area (Å²) < 4.78 is 37.4. The minimum absolute atomic E-state index is 0.0753. The zero-order valence-electron chi connectivity index (χ0n) is 20.0. The van der Waals surface area contributed by atoms with Crippen LogP contribution < -0.4 is 10.6 Å². The van der Waals surface area contributed by atoms with Crippen LogP contribution in [0.5, 0.6) is 0 Å². The number of halogens is 2. The molecular weight excluding hydrogens is 436 g/mol. The summed E-state index contributed by atoms with van der Waals surface area (Å²) in [5, 5.41) is 7.09. The Morgan fingerprint density at radius 3 is 2.68 bits per heavy atom. The van der Waals surface area contributed by atoms with Crippen LogP contribution in [0.15, 0.2) is 30.5 Å². The highest BCUT2D eigenvalue weighted by atomic mass is 19.1. The highest BCUT2D eigenvalue weighted by Crippen LogP contribution is 2.46. The van der Waals surface area contributed by atoms with E-state index in [2.05, 4.69) is 15.6 Å². The van der Waals surface area contributed by atoms with Gasteiger partial charge in [0, 0.05) is 40.4 Å². The van der Waals surface area contributed by atoms with Gasteiger partial charge in [0.2, 0.25) is 0 Å². The quantitative estimate of drug-likeness (QED) is 0.398. The fourth-order valence-electron chi connectivity index (χ4n) is 5.76. The van der Waals surface area contributed by atoms with Crippen LogP contribution in [-0.4, -0.2) is 28.8 Å². The van der Waals surface area contributed by atoms with E-state index in [1.807, 2.05) is 40.0 Å². The number of aromatic amines is 1. The summed E-state index contributed by atoms with van der Waals surface area (Å²) in [6.07, 6.45) is 4.79. The molecule has 0 radical (unpaired) electrons. The van der Waals surface area contributed by atoms with Crippen LogP contribution in [-0.2, 0) is 4.74 Å². The van der Waals surface area contributed by atoms with Crippen LogP contribution in [0.1, 0.15) is 63.5 Å². The molecule has 1 fully saturated rings. The van der Waals surface area contributed by atoms with Crippen molar-refractivity contribution in [3.63, 3.8) is 0 Å². The van der Waals surface area contributed by atoms with Crippen molar-refractivity contribution in [3.8, 4) is 11.1 Å². The molecule has 2 atom stereocenters.